The van der Waals surface area contributed by atoms with Gasteiger partial charge in [0.1, 0.15) is 12.1 Å². The maximum atomic E-state index is 5.27. The number of rotatable bonds is 2. The second-order valence-corrected chi connectivity index (χ2v) is 8.12. The molecule has 32 heavy (non-hydrogen) atoms. The Labute approximate surface area is 184 Å². The first-order chi connectivity index (χ1) is 15.9. The summed E-state index contributed by atoms with van der Waals surface area (Å²) in [5.74, 6) is 0.842. The first-order valence-corrected chi connectivity index (χ1v) is 10.9. The van der Waals surface area contributed by atoms with Crippen LogP contribution in [0.15, 0.2) is 91.4 Å². The Balaban J connectivity index is 1.69. The monoisotopic (exact) mass is 413 g/mol. The van der Waals surface area contributed by atoms with Crippen LogP contribution in [0.5, 0.6) is 0 Å². The van der Waals surface area contributed by atoms with Crippen LogP contribution < -0.4 is 0 Å². The van der Waals surface area contributed by atoms with Gasteiger partial charge in [0.2, 0.25) is 0 Å². The van der Waals surface area contributed by atoms with Crippen molar-refractivity contribution in [1.29, 1.82) is 0 Å². The highest BCUT2D eigenvalue weighted by Crippen LogP contribution is 2.37. The highest BCUT2D eigenvalue weighted by atomic mass is 15.1. The van der Waals surface area contributed by atoms with Gasteiger partial charge in [0.25, 0.3) is 0 Å². The van der Waals surface area contributed by atoms with Crippen LogP contribution in [0.25, 0.3) is 55.4 Å². The molecule has 1 aliphatic carbocycles. The van der Waals surface area contributed by atoms with E-state index in [9.17, 15) is 0 Å². The van der Waals surface area contributed by atoms with Gasteiger partial charge in [-0.3, -0.25) is 4.57 Å². The van der Waals surface area contributed by atoms with Gasteiger partial charge in [-0.1, -0.05) is 48.6 Å². The van der Waals surface area contributed by atoms with E-state index in [2.05, 4.69) is 91.9 Å². The summed E-state index contributed by atoms with van der Waals surface area (Å²) >= 11 is 0. The van der Waals surface area contributed by atoms with Crippen LogP contribution in [0.1, 0.15) is 12.8 Å². The Hall–Kier alpha value is -4.25. The standard InChI is InChI=1S/C27H19N5/c1-2-8-18(9-3-1)31-21-12-6-4-10-19(21)26-23(31)16-24-27(30-26)20-11-5-7-13-22(20)32(24)25-14-15-28-17-29-25/h1-2,4-8,10-17H,3,9H2. The molecule has 0 bridgehead atoms. The molecule has 4 heterocycles. The maximum Gasteiger partial charge on any atom is 0.141 e. The van der Waals surface area contributed by atoms with Crippen LogP contribution in [-0.4, -0.2) is 24.1 Å². The molecule has 2 aromatic carbocycles. The Morgan fingerprint density at radius 1 is 0.750 bits per heavy atom. The molecular weight excluding hydrogens is 394 g/mol. The molecule has 0 amide bonds. The fourth-order valence-electron chi connectivity index (χ4n) is 4.98. The number of hydrogen-bond donors (Lipinski definition) is 0. The van der Waals surface area contributed by atoms with Gasteiger partial charge in [0.15, 0.2) is 0 Å². The van der Waals surface area contributed by atoms with E-state index in [1.807, 2.05) is 6.07 Å². The first kappa shape index (κ1) is 17.4. The molecule has 0 fully saturated rings. The van der Waals surface area contributed by atoms with Gasteiger partial charge < -0.3 is 4.57 Å². The summed E-state index contributed by atoms with van der Waals surface area (Å²) in [5, 5.41) is 2.30. The number of benzene rings is 2. The third-order valence-corrected chi connectivity index (χ3v) is 6.34. The van der Waals surface area contributed by atoms with Crippen LogP contribution >= 0.6 is 0 Å². The molecule has 5 nitrogen and oxygen atoms in total. The number of nitrogens with zero attached hydrogens (tertiary/aromatic N) is 5. The Morgan fingerprint density at radius 3 is 2.16 bits per heavy atom. The zero-order chi connectivity index (χ0) is 21.1. The lowest BCUT2D eigenvalue weighted by Gasteiger charge is -2.14. The lowest BCUT2D eigenvalue weighted by Crippen LogP contribution is -2.00. The van der Waals surface area contributed by atoms with Gasteiger partial charge in [-0.25, -0.2) is 15.0 Å². The van der Waals surface area contributed by atoms with Crippen LogP contribution in [0, 0.1) is 0 Å². The number of aromatic nitrogens is 5. The van der Waals surface area contributed by atoms with Gasteiger partial charge in [-0.15, -0.1) is 0 Å². The molecular formula is C27H19N5. The van der Waals surface area contributed by atoms with Crippen molar-refractivity contribution >= 4 is 49.6 Å². The second kappa shape index (κ2) is 6.62. The van der Waals surface area contributed by atoms with Crippen molar-refractivity contribution in [1.82, 2.24) is 24.1 Å². The minimum absolute atomic E-state index is 0.842. The predicted octanol–water partition coefficient (Wildman–Crippen LogP) is 6.27. The van der Waals surface area contributed by atoms with Crippen molar-refractivity contribution in [3.05, 3.63) is 91.4 Å². The summed E-state index contributed by atoms with van der Waals surface area (Å²) in [7, 11) is 0. The van der Waals surface area contributed by atoms with E-state index in [1.54, 1.807) is 12.5 Å². The first-order valence-electron chi connectivity index (χ1n) is 10.9. The Bertz CT molecular complexity index is 1720. The molecule has 0 atom stereocenters. The van der Waals surface area contributed by atoms with Crippen molar-refractivity contribution < 1.29 is 0 Å². The highest BCUT2D eigenvalue weighted by Gasteiger charge is 2.20. The fourth-order valence-corrected chi connectivity index (χ4v) is 4.98. The van der Waals surface area contributed by atoms with Gasteiger partial charge >= 0.3 is 0 Å². The average Bonchev–Trinajstić information content (AvgIpc) is 3.36. The van der Waals surface area contributed by atoms with E-state index < -0.39 is 0 Å². The summed E-state index contributed by atoms with van der Waals surface area (Å²) in [6.07, 6.45) is 12.0. The molecule has 7 rings (SSSR count). The second-order valence-electron chi connectivity index (χ2n) is 8.12. The number of fused-ring (bicyclic) bond motifs is 6. The number of allylic oxidation sites excluding steroid dienone is 4. The van der Waals surface area contributed by atoms with Crippen molar-refractivity contribution in [3.8, 4) is 5.82 Å². The highest BCUT2D eigenvalue weighted by molar-refractivity contribution is 6.15. The molecule has 0 saturated carbocycles. The van der Waals surface area contributed by atoms with Crippen molar-refractivity contribution in [2.75, 3.05) is 0 Å². The molecule has 0 unspecified atom stereocenters. The summed E-state index contributed by atoms with van der Waals surface area (Å²) in [4.78, 5) is 13.9. The third-order valence-electron chi connectivity index (χ3n) is 6.34. The molecule has 0 spiro atoms. The van der Waals surface area contributed by atoms with Crippen LogP contribution in [0.2, 0.25) is 0 Å². The summed E-state index contributed by atoms with van der Waals surface area (Å²) in [5.41, 5.74) is 7.79. The quantitative estimate of drug-likeness (QED) is 0.336. The van der Waals surface area contributed by atoms with E-state index in [4.69, 9.17) is 4.98 Å². The third kappa shape index (κ3) is 2.36. The van der Waals surface area contributed by atoms with Crippen molar-refractivity contribution in [3.63, 3.8) is 0 Å². The summed E-state index contributed by atoms with van der Waals surface area (Å²) < 4.78 is 4.57. The van der Waals surface area contributed by atoms with Crippen molar-refractivity contribution in [2.24, 2.45) is 0 Å². The predicted molar refractivity (Wildman–Crippen MR) is 130 cm³/mol. The number of para-hydroxylation sites is 2. The fraction of sp³-hybridized carbons (Fsp3) is 0.0741. The lowest BCUT2D eigenvalue weighted by molar-refractivity contribution is 0.978. The van der Waals surface area contributed by atoms with E-state index in [-0.39, 0.29) is 0 Å². The molecule has 1 aliphatic rings. The largest absolute Gasteiger partial charge is 0.311 e. The van der Waals surface area contributed by atoms with E-state index in [1.165, 1.54) is 16.6 Å². The summed E-state index contributed by atoms with van der Waals surface area (Å²) in [6.45, 7) is 0. The molecule has 6 aromatic rings. The van der Waals surface area contributed by atoms with Gasteiger partial charge in [0, 0.05) is 22.7 Å². The van der Waals surface area contributed by atoms with Gasteiger partial charge in [-0.2, -0.15) is 0 Å². The molecule has 4 aromatic heterocycles. The minimum atomic E-state index is 0.842. The topological polar surface area (TPSA) is 48.5 Å². The van der Waals surface area contributed by atoms with Crippen molar-refractivity contribution in [2.45, 2.75) is 12.8 Å². The molecule has 0 aliphatic heterocycles. The van der Waals surface area contributed by atoms with Crippen LogP contribution in [0.3, 0.4) is 0 Å². The zero-order valence-corrected chi connectivity index (χ0v) is 17.3. The normalized spacial score (nSPS) is 14.1. The molecule has 5 heteroatoms. The molecule has 152 valence electrons. The minimum Gasteiger partial charge on any atom is -0.311 e. The van der Waals surface area contributed by atoms with Crippen LogP contribution in [-0.2, 0) is 0 Å². The van der Waals surface area contributed by atoms with E-state index in [0.717, 1.165) is 51.6 Å². The van der Waals surface area contributed by atoms with Crippen LogP contribution in [0.4, 0.5) is 0 Å². The molecule has 0 saturated heterocycles. The lowest BCUT2D eigenvalue weighted by atomic mass is 10.1. The van der Waals surface area contributed by atoms with Gasteiger partial charge in [0.05, 0.1) is 33.1 Å². The Kier molecular flexibility index (Phi) is 3.61. The van der Waals surface area contributed by atoms with E-state index in [0.29, 0.717) is 0 Å². The average molecular weight is 413 g/mol. The molecule has 0 N–H and O–H groups in total. The zero-order valence-electron chi connectivity index (χ0n) is 17.3. The number of hydrogen-bond acceptors (Lipinski definition) is 3. The SMILES string of the molecule is C1=CCCC(n2c3ccccc3c3nc4c5ccccc5n(-c5ccncn5)c4cc32)=C1. The maximum absolute atomic E-state index is 5.27. The molecule has 0 radical (unpaired) electrons. The summed E-state index contributed by atoms with van der Waals surface area (Å²) in [6, 6.07) is 21.2. The number of pyridine rings is 1. The smallest absolute Gasteiger partial charge is 0.141 e. The Morgan fingerprint density at radius 2 is 1.47 bits per heavy atom. The van der Waals surface area contributed by atoms with E-state index >= 15 is 0 Å². The van der Waals surface area contributed by atoms with Gasteiger partial charge in [-0.05, 0) is 43.2 Å².